The number of allylic oxidation sites excluding steroid dienone is 2. The van der Waals surface area contributed by atoms with Gasteiger partial charge in [0.2, 0.25) is 11.8 Å². The monoisotopic (exact) mass is 382 g/mol. The quantitative estimate of drug-likeness (QED) is 0.794. The summed E-state index contributed by atoms with van der Waals surface area (Å²) in [5, 5.41) is 7.56. The highest BCUT2D eigenvalue weighted by atomic mass is 16.2. The van der Waals surface area contributed by atoms with Crippen LogP contribution in [-0.2, 0) is 16.1 Å². The minimum atomic E-state index is -0.0646. The van der Waals surface area contributed by atoms with Gasteiger partial charge in [-0.1, -0.05) is 12.2 Å². The first-order valence-electron chi connectivity index (χ1n) is 9.99. The molecule has 0 radical (unpaired) electrons. The third-order valence-electron chi connectivity index (χ3n) is 5.60. The van der Waals surface area contributed by atoms with E-state index in [1.54, 1.807) is 12.4 Å². The van der Waals surface area contributed by atoms with Gasteiger partial charge >= 0.3 is 0 Å². The number of nitrogens with zero attached hydrogens (tertiary/aromatic N) is 5. The molecule has 1 aliphatic heterocycles. The summed E-state index contributed by atoms with van der Waals surface area (Å²) in [5.74, 6) is 0.498. The van der Waals surface area contributed by atoms with E-state index in [1.165, 1.54) is 6.92 Å². The predicted molar refractivity (Wildman–Crippen MR) is 104 cm³/mol. The predicted octanol–water partition coefficient (Wildman–Crippen LogP) is 1.63. The molecule has 28 heavy (non-hydrogen) atoms. The molecule has 4 rings (SSSR count). The molecule has 1 N–H and O–H groups in total. The maximum Gasteiger partial charge on any atom is 0.226 e. The number of amides is 2. The van der Waals surface area contributed by atoms with Crippen molar-refractivity contribution in [3.63, 3.8) is 0 Å². The number of rotatable bonds is 5. The zero-order valence-electron chi connectivity index (χ0n) is 16.2. The summed E-state index contributed by atoms with van der Waals surface area (Å²) in [6, 6.07) is 0. The van der Waals surface area contributed by atoms with Gasteiger partial charge < -0.3 is 10.2 Å². The maximum atomic E-state index is 12.8. The zero-order valence-corrected chi connectivity index (χ0v) is 16.2. The lowest BCUT2D eigenvalue weighted by atomic mass is 9.93. The molecule has 0 saturated carbocycles. The van der Waals surface area contributed by atoms with Crippen LogP contribution in [0.25, 0.3) is 11.2 Å². The topological polar surface area (TPSA) is 93.0 Å². The number of nitrogens with one attached hydrogen (secondary N) is 1. The number of likely N-dealkylation sites (tertiary alicyclic amines) is 1. The third kappa shape index (κ3) is 3.76. The summed E-state index contributed by atoms with van der Waals surface area (Å²) in [4.78, 5) is 34.9. The lowest BCUT2D eigenvalue weighted by molar-refractivity contribution is -0.134. The van der Waals surface area contributed by atoms with Crippen LogP contribution in [0.2, 0.25) is 0 Å². The van der Waals surface area contributed by atoms with Crippen LogP contribution in [-0.4, -0.2) is 56.1 Å². The summed E-state index contributed by atoms with van der Waals surface area (Å²) in [5.41, 5.74) is 2.43. The summed E-state index contributed by atoms with van der Waals surface area (Å²) < 4.78 is 1.81. The van der Waals surface area contributed by atoms with Crippen LogP contribution in [0.15, 0.2) is 24.5 Å². The second kappa shape index (κ2) is 8.08. The van der Waals surface area contributed by atoms with E-state index in [4.69, 9.17) is 5.10 Å². The van der Waals surface area contributed by atoms with Gasteiger partial charge in [0.05, 0.1) is 12.2 Å². The van der Waals surface area contributed by atoms with E-state index >= 15 is 0 Å². The maximum absolute atomic E-state index is 12.8. The Kier molecular flexibility index (Phi) is 5.36. The van der Waals surface area contributed by atoms with Crippen LogP contribution < -0.4 is 5.32 Å². The molecular formula is C20H26N6O2. The summed E-state index contributed by atoms with van der Waals surface area (Å²) >= 11 is 0. The van der Waals surface area contributed by atoms with Crippen molar-refractivity contribution in [2.75, 3.05) is 19.6 Å². The lowest BCUT2D eigenvalue weighted by Crippen LogP contribution is -2.34. The van der Waals surface area contributed by atoms with Crippen molar-refractivity contribution >= 4 is 23.0 Å². The first-order chi connectivity index (χ1) is 13.6. The molecule has 2 atom stereocenters. The molecular weight excluding hydrogens is 356 g/mol. The Morgan fingerprint density at radius 2 is 2.07 bits per heavy atom. The molecule has 3 heterocycles. The van der Waals surface area contributed by atoms with Crippen LogP contribution in [0, 0.1) is 5.92 Å². The van der Waals surface area contributed by atoms with Gasteiger partial charge in [0.25, 0.3) is 0 Å². The Balaban J connectivity index is 1.50. The lowest BCUT2D eigenvalue weighted by Gasteiger charge is -2.24. The van der Waals surface area contributed by atoms with Gasteiger partial charge in [-0.3, -0.25) is 9.59 Å². The second-order valence-corrected chi connectivity index (χ2v) is 7.57. The summed E-state index contributed by atoms with van der Waals surface area (Å²) in [6.07, 6.45) is 11.3. The molecule has 1 aliphatic carbocycles. The Morgan fingerprint density at radius 3 is 2.86 bits per heavy atom. The van der Waals surface area contributed by atoms with E-state index < -0.39 is 0 Å². The minimum Gasteiger partial charge on any atom is -0.354 e. The number of aromatic nitrogens is 4. The molecule has 0 bridgehead atoms. The van der Waals surface area contributed by atoms with E-state index in [1.807, 2.05) is 9.58 Å². The number of hydrogen-bond donors (Lipinski definition) is 1. The molecule has 2 aromatic heterocycles. The van der Waals surface area contributed by atoms with Crippen molar-refractivity contribution in [1.82, 2.24) is 30.0 Å². The molecule has 2 aromatic rings. The van der Waals surface area contributed by atoms with Crippen molar-refractivity contribution in [3.8, 4) is 0 Å². The van der Waals surface area contributed by atoms with Gasteiger partial charge in [-0.05, 0) is 25.7 Å². The van der Waals surface area contributed by atoms with Crippen molar-refractivity contribution < 1.29 is 9.59 Å². The molecule has 0 spiro atoms. The second-order valence-electron chi connectivity index (χ2n) is 7.57. The highest BCUT2D eigenvalue weighted by Crippen LogP contribution is 2.32. The molecule has 148 valence electrons. The van der Waals surface area contributed by atoms with E-state index in [9.17, 15) is 9.59 Å². The number of carbonyl (C=O) groups excluding carboxylic acids is 2. The Bertz CT molecular complexity index is 905. The fourth-order valence-corrected chi connectivity index (χ4v) is 4.15. The van der Waals surface area contributed by atoms with E-state index in [0.717, 1.165) is 49.1 Å². The SMILES string of the molecule is CC(=O)NCCn1nc([C@@H]2CCN(C(=O)[C@@H]3CC=CCC3)C2)c2nccnc21. The fraction of sp³-hybridized carbons (Fsp3) is 0.550. The zero-order chi connectivity index (χ0) is 19.5. The molecule has 2 aliphatic rings. The van der Waals surface area contributed by atoms with Crippen molar-refractivity contribution in [2.24, 2.45) is 5.92 Å². The van der Waals surface area contributed by atoms with Crippen molar-refractivity contribution in [3.05, 3.63) is 30.2 Å². The van der Waals surface area contributed by atoms with Crippen LogP contribution in [0.5, 0.6) is 0 Å². The minimum absolute atomic E-state index is 0.0646. The average molecular weight is 382 g/mol. The van der Waals surface area contributed by atoms with Gasteiger partial charge in [-0.2, -0.15) is 5.10 Å². The highest BCUT2D eigenvalue weighted by molar-refractivity contribution is 5.80. The standard InChI is InChI=1S/C20H26N6O2/c1-14(27)21-10-12-26-19-18(22-8-9-23-19)17(24-26)16-7-11-25(13-16)20(28)15-5-3-2-4-6-15/h2-3,8-9,15-16H,4-7,10-13H2,1H3,(H,21,27)/t15-,16-/m1/s1. The largest absolute Gasteiger partial charge is 0.354 e. The molecule has 1 saturated heterocycles. The molecule has 0 aromatic carbocycles. The molecule has 0 unspecified atom stereocenters. The van der Waals surface area contributed by atoms with Gasteiger partial charge in [-0.15, -0.1) is 0 Å². The van der Waals surface area contributed by atoms with Crippen LogP contribution >= 0.6 is 0 Å². The van der Waals surface area contributed by atoms with Gasteiger partial charge in [-0.25, -0.2) is 14.6 Å². The van der Waals surface area contributed by atoms with E-state index in [2.05, 4.69) is 27.4 Å². The Labute approximate surface area is 164 Å². The molecule has 8 heteroatoms. The van der Waals surface area contributed by atoms with Crippen LogP contribution in [0.3, 0.4) is 0 Å². The Morgan fingerprint density at radius 1 is 1.21 bits per heavy atom. The third-order valence-corrected chi connectivity index (χ3v) is 5.60. The van der Waals surface area contributed by atoms with Crippen LogP contribution in [0.1, 0.15) is 44.2 Å². The smallest absolute Gasteiger partial charge is 0.226 e. The van der Waals surface area contributed by atoms with Crippen molar-refractivity contribution in [2.45, 2.75) is 45.1 Å². The Hall–Kier alpha value is -2.77. The fourth-order valence-electron chi connectivity index (χ4n) is 4.15. The number of hydrogen-bond acceptors (Lipinski definition) is 5. The molecule has 1 fully saturated rings. The summed E-state index contributed by atoms with van der Waals surface area (Å²) in [7, 11) is 0. The number of carbonyl (C=O) groups is 2. The van der Waals surface area contributed by atoms with E-state index in [0.29, 0.717) is 19.6 Å². The van der Waals surface area contributed by atoms with Gasteiger partial charge in [0.1, 0.15) is 5.52 Å². The van der Waals surface area contributed by atoms with Crippen molar-refractivity contribution in [1.29, 1.82) is 0 Å². The molecule has 2 amide bonds. The first-order valence-corrected chi connectivity index (χ1v) is 9.99. The van der Waals surface area contributed by atoms with E-state index in [-0.39, 0.29) is 23.7 Å². The van der Waals surface area contributed by atoms with Gasteiger partial charge in [0, 0.05) is 50.8 Å². The number of fused-ring (bicyclic) bond motifs is 1. The first kappa shape index (κ1) is 18.6. The average Bonchev–Trinajstić information content (AvgIpc) is 3.33. The highest BCUT2D eigenvalue weighted by Gasteiger charge is 2.34. The molecule has 8 nitrogen and oxygen atoms in total. The normalized spacial score (nSPS) is 22.0. The summed E-state index contributed by atoms with van der Waals surface area (Å²) in [6.45, 7) is 3.99. The van der Waals surface area contributed by atoms with Gasteiger partial charge in [0.15, 0.2) is 5.65 Å². The van der Waals surface area contributed by atoms with Crippen LogP contribution in [0.4, 0.5) is 0 Å².